The van der Waals surface area contributed by atoms with E-state index in [-0.39, 0.29) is 0 Å². The van der Waals surface area contributed by atoms with Crippen molar-refractivity contribution in [1.29, 1.82) is 0 Å². The average molecular weight is 581 g/mol. The number of imidazole rings is 2. The Hall–Kier alpha value is -4.73. The van der Waals surface area contributed by atoms with E-state index in [0.29, 0.717) is 35.6 Å². The monoisotopic (exact) mass is 580 g/mol. The van der Waals surface area contributed by atoms with Crippen molar-refractivity contribution in [2.75, 3.05) is 17.7 Å². The number of amides is 1. The third-order valence-corrected chi connectivity index (χ3v) is 7.01. The number of hydrogen-bond donors (Lipinski definition) is 2. The van der Waals surface area contributed by atoms with Crippen LogP contribution in [0.4, 0.5) is 16.4 Å². The maximum Gasteiger partial charge on any atom is 0.412 e. The highest BCUT2D eigenvalue weighted by Gasteiger charge is 2.17. The summed E-state index contributed by atoms with van der Waals surface area (Å²) < 4.78 is 9.48. The second-order valence-electron chi connectivity index (χ2n) is 11.6. The molecule has 4 aromatic heterocycles. The van der Waals surface area contributed by atoms with Crippen LogP contribution < -0.4 is 11.1 Å². The van der Waals surface area contributed by atoms with Crippen LogP contribution in [-0.2, 0) is 17.8 Å². The van der Waals surface area contributed by atoms with Crippen LogP contribution in [0.25, 0.3) is 43.9 Å². The second-order valence-corrected chi connectivity index (χ2v) is 11.6. The molecule has 0 fully saturated rings. The predicted octanol–water partition coefficient (Wildman–Crippen LogP) is 7.41. The molecule has 0 saturated heterocycles. The molecule has 4 heterocycles. The van der Waals surface area contributed by atoms with E-state index >= 15 is 0 Å². The highest BCUT2D eigenvalue weighted by atomic mass is 16.5. The molecule has 6 aromatic rings. The highest BCUT2D eigenvalue weighted by molar-refractivity contribution is 6.09. The first-order valence-electron chi connectivity index (χ1n) is 14.9. The van der Waals surface area contributed by atoms with E-state index in [1.54, 1.807) is 0 Å². The van der Waals surface area contributed by atoms with Gasteiger partial charge in [0.2, 0.25) is 0 Å². The van der Waals surface area contributed by atoms with Gasteiger partial charge in [-0.1, -0.05) is 77.4 Å². The van der Waals surface area contributed by atoms with Gasteiger partial charge in [0.05, 0.1) is 41.3 Å². The van der Waals surface area contributed by atoms with Crippen molar-refractivity contribution in [2.45, 2.75) is 60.5 Å². The van der Waals surface area contributed by atoms with Crippen molar-refractivity contribution in [3.63, 3.8) is 0 Å². The van der Waals surface area contributed by atoms with Crippen LogP contribution in [0.3, 0.4) is 0 Å². The summed E-state index contributed by atoms with van der Waals surface area (Å²) in [6.07, 6.45) is 5.00. The third kappa shape index (κ3) is 6.53. The smallest absolute Gasteiger partial charge is 0.412 e. The second kappa shape index (κ2) is 13.1. The molecular formula is C33H40N8O2. The molecule has 43 heavy (non-hydrogen) atoms. The van der Waals surface area contributed by atoms with E-state index in [1.807, 2.05) is 55.1 Å². The number of nitrogens with zero attached hydrogens (tertiary/aromatic N) is 6. The van der Waals surface area contributed by atoms with E-state index in [1.165, 1.54) is 0 Å². The molecule has 0 saturated carbocycles. The molecule has 0 unspecified atom stereocenters. The Morgan fingerprint density at radius 3 is 1.95 bits per heavy atom. The fraction of sp³-hybridized carbons (Fsp3) is 0.364. The van der Waals surface area contributed by atoms with Gasteiger partial charge in [0.15, 0.2) is 11.6 Å². The molecule has 0 bridgehead atoms. The van der Waals surface area contributed by atoms with Gasteiger partial charge in [0.1, 0.15) is 11.0 Å². The number of aromatic nitrogens is 6. The van der Waals surface area contributed by atoms with Crippen molar-refractivity contribution in [3.8, 4) is 0 Å². The van der Waals surface area contributed by atoms with Gasteiger partial charge in [0, 0.05) is 23.9 Å². The lowest BCUT2D eigenvalue weighted by Gasteiger charge is -2.11. The fourth-order valence-electron chi connectivity index (χ4n) is 5.18. The van der Waals surface area contributed by atoms with Crippen molar-refractivity contribution < 1.29 is 9.53 Å². The number of nitrogen functional groups attached to an aromatic ring is 1. The Bertz CT molecular complexity index is 1870. The Balaban J connectivity index is 0.000000180. The summed E-state index contributed by atoms with van der Waals surface area (Å²) in [4.78, 5) is 29.9. The molecule has 1 amide bonds. The number of pyridine rings is 2. The van der Waals surface area contributed by atoms with Crippen molar-refractivity contribution in [3.05, 3.63) is 61.2 Å². The van der Waals surface area contributed by atoms with Crippen LogP contribution >= 0.6 is 0 Å². The molecule has 10 nitrogen and oxygen atoms in total. The van der Waals surface area contributed by atoms with Gasteiger partial charge in [0.25, 0.3) is 0 Å². The molecule has 0 aliphatic carbocycles. The molecule has 0 atom stereocenters. The largest absolute Gasteiger partial charge is 0.449 e. The normalized spacial score (nSPS) is 11.5. The highest BCUT2D eigenvalue weighted by Crippen LogP contribution is 2.30. The van der Waals surface area contributed by atoms with E-state index in [0.717, 1.165) is 64.3 Å². The van der Waals surface area contributed by atoms with E-state index in [2.05, 4.69) is 75.1 Å². The molecule has 0 aliphatic rings. The Kier molecular flexibility index (Phi) is 9.04. The molecule has 0 spiro atoms. The average Bonchev–Trinajstić information content (AvgIpc) is 3.59. The van der Waals surface area contributed by atoms with Gasteiger partial charge in [-0.25, -0.2) is 24.7 Å². The molecule has 10 heteroatoms. The lowest BCUT2D eigenvalue weighted by molar-refractivity contribution is 0.160. The lowest BCUT2D eigenvalue weighted by Crippen LogP contribution is -2.15. The SMILES string of the molecule is CC(C)Cn1cnc2c(N)nc3ccccc3c21.CCCCOC(=O)Nc1nc2ccccc2c2c1ncn2CC(C)C. The van der Waals surface area contributed by atoms with E-state index in [9.17, 15) is 4.79 Å². The first-order valence-corrected chi connectivity index (χ1v) is 14.9. The molecular weight excluding hydrogens is 540 g/mol. The number of para-hydroxylation sites is 2. The first-order chi connectivity index (χ1) is 20.8. The number of hydrogen-bond acceptors (Lipinski definition) is 7. The maximum atomic E-state index is 12.0. The Morgan fingerprint density at radius 1 is 0.837 bits per heavy atom. The summed E-state index contributed by atoms with van der Waals surface area (Å²) in [6, 6.07) is 16.0. The zero-order chi connectivity index (χ0) is 30.5. The minimum atomic E-state index is -0.490. The molecule has 3 N–H and O–H groups in total. The zero-order valence-electron chi connectivity index (χ0n) is 25.5. The lowest BCUT2D eigenvalue weighted by atomic mass is 10.1. The number of carbonyl (C=O) groups excluding carboxylic acids is 1. The summed E-state index contributed by atoms with van der Waals surface area (Å²) in [5.41, 5.74) is 11.3. The summed E-state index contributed by atoms with van der Waals surface area (Å²) in [5.74, 6) is 2.00. The van der Waals surface area contributed by atoms with Crippen LogP contribution in [0.5, 0.6) is 0 Å². The van der Waals surface area contributed by atoms with Gasteiger partial charge >= 0.3 is 6.09 Å². The van der Waals surface area contributed by atoms with E-state index < -0.39 is 6.09 Å². The van der Waals surface area contributed by atoms with Crippen LogP contribution in [-0.4, -0.2) is 41.8 Å². The molecule has 6 rings (SSSR count). The Morgan fingerprint density at radius 2 is 1.37 bits per heavy atom. The fourth-order valence-corrected chi connectivity index (χ4v) is 5.18. The number of unbranched alkanes of at least 4 members (excludes halogenated alkanes) is 1. The number of benzene rings is 2. The van der Waals surface area contributed by atoms with E-state index in [4.69, 9.17) is 10.5 Å². The summed E-state index contributed by atoms with van der Waals surface area (Å²) in [5, 5.41) is 4.89. The number of ether oxygens (including phenoxy) is 1. The van der Waals surface area contributed by atoms with Crippen LogP contribution in [0, 0.1) is 11.8 Å². The minimum Gasteiger partial charge on any atom is -0.449 e. The quantitative estimate of drug-likeness (QED) is 0.180. The van der Waals surface area contributed by atoms with Crippen LogP contribution in [0.2, 0.25) is 0 Å². The predicted molar refractivity (Wildman–Crippen MR) is 174 cm³/mol. The Labute approximate surface area is 251 Å². The maximum absolute atomic E-state index is 12.0. The number of nitrogens with one attached hydrogen (secondary N) is 1. The summed E-state index contributed by atoms with van der Waals surface area (Å²) >= 11 is 0. The molecule has 2 aromatic carbocycles. The number of nitrogens with two attached hydrogens (primary N) is 1. The van der Waals surface area contributed by atoms with Crippen molar-refractivity contribution in [2.24, 2.45) is 11.8 Å². The van der Waals surface area contributed by atoms with Gasteiger partial charge in [-0.05, 0) is 30.4 Å². The topological polar surface area (TPSA) is 126 Å². The standard InChI is InChI=1S/C19H24N4O2.C14H16N4/c1-4-5-10-25-19(24)22-18-16-17(23(12-20-16)11-13(2)3)14-8-6-7-9-15(14)21-18;1-9(2)7-18-8-16-12-13(18)10-5-3-4-6-11(10)17-14(12)15/h6-9,12-13H,4-5,10-11H2,1-3H3,(H,21,22,24);3-6,8-9H,7H2,1-2H3,(H2,15,17). The summed E-state index contributed by atoms with van der Waals surface area (Å²) in [6.45, 7) is 13.0. The van der Waals surface area contributed by atoms with Gasteiger partial charge in [-0.3, -0.25) is 5.32 Å². The summed E-state index contributed by atoms with van der Waals surface area (Å²) in [7, 11) is 0. The number of carbonyl (C=O) groups is 1. The van der Waals surface area contributed by atoms with Crippen molar-refractivity contribution in [1.82, 2.24) is 29.1 Å². The van der Waals surface area contributed by atoms with Crippen LogP contribution in [0.1, 0.15) is 47.5 Å². The minimum absolute atomic E-state index is 0.404. The first kappa shape index (κ1) is 29.8. The van der Waals surface area contributed by atoms with Crippen molar-refractivity contribution >= 4 is 61.6 Å². The molecule has 0 radical (unpaired) electrons. The number of fused-ring (bicyclic) bond motifs is 6. The van der Waals surface area contributed by atoms with Gasteiger partial charge in [-0.2, -0.15) is 0 Å². The third-order valence-electron chi connectivity index (χ3n) is 7.01. The number of anilines is 2. The molecule has 224 valence electrons. The molecule has 0 aliphatic heterocycles. The zero-order valence-corrected chi connectivity index (χ0v) is 25.5. The van der Waals surface area contributed by atoms with Gasteiger partial charge < -0.3 is 19.6 Å². The van der Waals surface area contributed by atoms with Gasteiger partial charge in [-0.15, -0.1) is 0 Å². The number of rotatable bonds is 8. The van der Waals surface area contributed by atoms with Crippen LogP contribution in [0.15, 0.2) is 61.2 Å².